The summed E-state index contributed by atoms with van der Waals surface area (Å²) in [6.07, 6.45) is 7.05. The SMILES string of the molecule is CCC(N)CCCCCCC(N)=O. The standard InChI is InChI=1S/C10H22N2O/c1-2-9(11)7-5-3-4-6-8-10(12)13/h9H,2-8,11H2,1H3,(H2,12,13). The van der Waals surface area contributed by atoms with Crippen LogP contribution in [0, 0.1) is 0 Å². The molecule has 0 aromatic carbocycles. The Hall–Kier alpha value is -0.570. The second-order valence-electron chi connectivity index (χ2n) is 3.59. The second kappa shape index (κ2) is 8.05. The maximum absolute atomic E-state index is 10.4. The number of carbonyl (C=O) groups is 1. The molecule has 0 rings (SSSR count). The van der Waals surface area contributed by atoms with Crippen LogP contribution in [0.1, 0.15) is 51.9 Å². The number of primary amides is 1. The van der Waals surface area contributed by atoms with Crippen LogP contribution in [-0.2, 0) is 4.79 Å². The summed E-state index contributed by atoms with van der Waals surface area (Å²) in [5.41, 5.74) is 10.8. The largest absolute Gasteiger partial charge is 0.370 e. The van der Waals surface area contributed by atoms with Crippen LogP contribution in [0.3, 0.4) is 0 Å². The summed E-state index contributed by atoms with van der Waals surface area (Å²) < 4.78 is 0. The van der Waals surface area contributed by atoms with Gasteiger partial charge in [-0.15, -0.1) is 0 Å². The third-order valence-corrected chi connectivity index (χ3v) is 2.27. The summed E-state index contributed by atoms with van der Waals surface area (Å²) in [5, 5.41) is 0. The minimum absolute atomic E-state index is 0.190. The smallest absolute Gasteiger partial charge is 0.217 e. The Bertz CT molecular complexity index is 137. The van der Waals surface area contributed by atoms with Gasteiger partial charge in [0, 0.05) is 12.5 Å². The van der Waals surface area contributed by atoms with E-state index in [0.717, 1.165) is 25.7 Å². The quantitative estimate of drug-likeness (QED) is 0.565. The molecule has 0 fully saturated rings. The molecule has 0 radical (unpaired) electrons. The third-order valence-electron chi connectivity index (χ3n) is 2.27. The lowest BCUT2D eigenvalue weighted by Crippen LogP contribution is -2.17. The van der Waals surface area contributed by atoms with Crippen LogP contribution in [0.2, 0.25) is 0 Å². The lowest BCUT2D eigenvalue weighted by atomic mass is 10.1. The van der Waals surface area contributed by atoms with Gasteiger partial charge < -0.3 is 11.5 Å². The van der Waals surface area contributed by atoms with E-state index in [0.29, 0.717) is 12.5 Å². The minimum Gasteiger partial charge on any atom is -0.370 e. The van der Waals surface area contributed by atoms with Crippen LogP contribution in [0.4, 0.5) is 0 Å². The average Bonchev–Trinajstić information content (AvgIpc) is 2.10. The molecule has 0 bridgehead atoms. The van der Waals surface area contributed by atoms with E-state index in [4.69, 9.17) is 11.5 Å². The molecule has 0 spiro atoms. The molecule has 0 aliphatic heterocycles. The first kappa shape index (κ1) is 12.4. The van der Waals surface area contributed by atoms with Crippen LogP contribution in [-0.4, -0.2) is 11.9 Å². The van der Waals surface area contributed by atoms with Crippen molar-refractivity contribution in [2.45, 2.75) is 57.9 Å². The molecule has 0 aliphatic carbocycles. The molecule has 0 heterocycles. The summed E-state index contributed by atoms with van der Waals surface area (Å²) >= 11 is 0. The van der Waals surface area contributed by atoms with E-state index >= 15 is 0 Å². The van der Waals surface area contributed by atoms with E-state index in [2.05, 4.69) is 6.92 Å². The Balaban J connectivity index is 3.04. The molecule has 1 atom stereocenters. The van der Waals surface area contributed by atoms with Crippen molar-refractivity contribution in [3.8, 4) is 0 Å². The molecular weight excluding hydrogens is 164 g/mol. The van der Waals surface area contributed by atoms with Gasteiger partial charge in [0.25, 0.3) is 0 Å². The molecule has 0 aromatic heterocycles. The van der Waals surface area contributed by atoms with Crippen molar-refractivity contribution in [3.05, 3.63) is 0 Å². The molecule has 0 saturated carbocycles. The summed E-state index contributed by atoms with van der Waals surface area (Å²) in [7, 11) is 0. The highest BCUT2D eigenvalue weighted by Crippen LogP contribution is 2.07. The van der Waals surface area contributed by atoms with Crippen LogP contribution >= 0.6 is 0 Å². The minimum atomic E-state index is -0.190. The highest BCUT2D eigenvalue weighted by Gasteiger charge is 1.98. The lowest BCUT2D eigenvalue weighted by molar-refractivity contribution is -0.118. The molecule has 0 aliphatic rings. The predicted molar refractivity (Wildman–Crippen MR) is 55.2 cm³/mol. The van der Waals surface area contributed by atoms with Crippen molar-refractivity contribution in [3.63, 3.8) is 0 Å². The molecule has 3 nitrogen and oxygen atoms in total. The Morgan fingerprint density at radius 3 is 2.38 bits per heavy atom. The van der Waals surface area contributed by atoms with Gasteiger partial charge in [-0.25, -0.2) is 0 Å². The Morgan fingerprint density at radius 2 is 1.85 bits per heavy atom. The van der Waals surface area contributed by atoms with Crippen molar-refractivity contribution >= 4 is 5.91 Å². The van der Waals surface area contributed by atoms with E-state index in [-0.39, 0.29) is 5.91 Å². The molecule has 0 saturated heterocycles. The van der Waals surface area contributed by atoms with E-state index in [1.807, 2.05) is 0 Å². The highest BCUT2D eigenvalue weighted by atomic mass is 16.1. The van der Waals surface area contributed by atoms with Gasteiger partial charge in [0.1, 0.15) is 0 Å². The molecular formula is C10H22N2O. The van der Waals surface area contributed by atoms with Gasteiger partial charge in [-0.3, -0.25) is 4.79 Å². The fourth-order valence-electron chi connectivity index (χ4n) is 1.26. The first-order valence-electron chi connectivity index (χ1n) is 5.20. The third kappa shape index (κ3) is 9.34. The van der Waals surface area contributed by atoms with Crippen molar-refractivity contribution in [2.75, 3.05) is 0 Å². The number of hydrogen-bond acceptors (Lipinski definition) is 2. The summed E-state index contributed by atoms with van der Waals surface area (Å²) in [4.78, 5) is 10.4. The Labute approximate surface area is 80.9 Å². The van der Waals surface area contributed by atoms with Gasteiger partial charge in [0.05, 0.1) is 0 Å². The van der Waals surface area contributed by atoms with Crippen molar-refractivity contribution in [1.82, 2.24) is 0 Å². The molecule has 3 heteroatoms. The van der Waals surface area contributed by atoms with Gasteiger partial charge in [0.15, 0.2) is 0 Å². The molecule has 1 unspecified atom stereocenters. The van der Waals surface area contributed by atoms with Gasteiger partial charge in [-0.2, -0.15) is 0 Å². The number of rotatable bonds is 8. The molecule has 13 heavy (non-hydrogen) atoms. The number of unbranched alkanes of at least 4 members (excludes halogenated alkanes) is 3. The van der Waals surface area contributed by atoms with E-state index in [1.54, 1.807) is 0 Å². The maximum atomic E-state index is 10.4. The predicted octanol–water partition coefficient (Wildman–Crippen LogP) is 1.55. The fraction of sp³-hybridized carbons (Fsp3) is 0.900. The van der Waals surface area contributed by atoms with E-state index in [1.165, 1.54) is 12.8 Å². The first-order valence-corrected chi connectivity index (χ1v) is 5.20. The molecule has 0 aromatic rings. The lowest BCUT2D eigenvalue weighted by Gasteiger charge is -2.07. The van der Waals surface area contributed by atoms with Gasteiger partial charge in [0.2, 0.25) is 5.91 Å². The zero-order valence-corrected chi connectivity index (χ0v) is 8.59. The van der Waals surface area contributed by atoms with Crippen molar-refractivity contribution in [1.29, 1.82) is 0 Å². The summed E-state index contributed by atoms with van der Waals surface area (Å²) in [6, 6.07) is 0.358. The van der Waals surface area contributed by atoms with E-state index < -0.39 is 0 Å². The molecule has 4 N–H and O–H groups in total. The normalized spacial score (nSPS) is 12.8. The number of carbonyl (C=O) groups excluding carboxylic acids is 1. The van der Waals surface area contributed by atoms with Crippen LogP contribution in [0.25, 0.3) is 0 Å². The molecule has 1 amide bonds. The fourth-order valence-corrected chi connectivity index (χ4v) is 1.26. The van der Waals surface area contributed by atoms with Gasteiger partial charge in [-0.1, -0.05) is 26.2 Å². The molecule has 78 valence electrons. The zero-order chi connectivity index (χ0) is 10.1. The van der Waals surface area contributed by atoms with Crippen molar-refractivity contribution in [2.24, 2.45) is 11.5 Å². The topological polar surface area (TPSA) is 69.1 Å². The zero-order valence-electron chi connectivity index (χ0n) is 8.59. The van der Waals surface area contributed by atoms with Gasteiger partial charge >= 0.3 is 0 Å². The van der Waals surface area contributed by atoms with Crippen molar-refractivity contribution < 1.29 is 4.79 Å². The number of hydrogen-bond donors (Lipinski definition) is 2. The average molecular weight is 186 g/mol. The number of nitrogens with two attached hydrogens (primary N) is 2. The van der Waals surface area contributed by atoms with E-state index in [9.17, 15) is 4.79 Å². The second-order valence-corrected chi connectivity index (χ2v) is 3.59. The highest BCUT2D eigenvalue weighted by molar-refractivity contribution is 5.73. The van der Waals surface area contributed by atoms with Crippen LogP contribution < -0.4 is 11.5 Å². The van der Waals surface area contributed by atoms with Gasteiger partial charge in [-0.05, 0) is 19.3 Å². The van der Waals surface area contributed by atoms with Crippen LogP contribution in [0.5, 0.6) is 0 Å². The van der Waals surface area contributed by atoms with Crippen LogP contribution in [0.15, 0.2) is 0 Å². The number of amides is 1. The first-order chi connectivity index (χ1) is 6.16. The Morgan fingerprint density at radius 1 is 1.23 bits per heavy atom. The summed E-state index contributed by atoms with van der Waals surface area (Å²) in [5.74, 6) is -0.190. The summed E-state index contributed by atoms with van der Waals surface area (Å²) in [6.45, 7) is 2.11. The Kier molecular flexibility index (Phi) is 7.69. The maximum Gasteiger partial charge on any atom is 0.217 e. The monoisotopic (exact) mass is 186 g/mol.